The minimum Gasteiger partial charge on any atom is -0.363 e. The average Bonchev–Trinajstić information content (AvgIpc) is 3.18. The zero-order valence-corrected chi connectivity index (χ0v) is 14.1. The zero-order chi connectivity index (χ0) is 15.5. The Morgan fingerprint density at radius 3 is 2.73 bits per heavy atom. The van der Waals surface area contributed by atoms with Crippen molar-refractivity contribution in [1.82, 2.24) is 20.4 Å². The van der Waals surface area contributed by atoms with E-state index < -0.39 is 0 Å². The molecule has 2 aromatic heterocycles. The highest BCUT2D eigenvalue weighted by Crippen LogP contribution is 2.41. The van der Waals surface area contributed by atoms with Gasteiger partial charge in [0.15, 0.2) is 0 Å². The first-order valence-electron chi connectivity index (χ1n) is 7.25. The predicted octanol–water partition coefficient (Wildman–Crippen LogP) is 2.52. The van der Waals surface area contributed by atoms with E-state index in [0.717, 1.165) is 34.4 Å². The molecular weight excluding hydrogens is 320 g/mol. The maximum Gasteiger partial charge on any atom is 0.223 e. The molecule has 2 aromatic rings. The van der Waals surface area contributed by atoms with Crippen LogP contribution in [0.1, 0.15) is 42.1 Å². The van der Waals surface area contributed by atoms with Gasteiger partial charge in [0.05, 0.1) is 0 Å². The molecule has 1 aliphatic carbocycles. The van der Waals surface area contributed by atoms with E-state index in [9.17, 15) is 4.79 Å². The van der Waals surface area contributed by atoms with Crippen molar-refractivity contribution >= 4 is 38.8 Å². The highest BCUT2D eigenvalue weighted by atomic mass is 32.1. The molecule has 7 nitrogen and oxygen atoms in total. The normalized spacial score (nSPS) is 21.0. The lowest BCUT2D eigenvalue weighted by molar-refractivity contribution is -0.114. The highest BCUT2D eigenvalue weighted by molar-refractivity contribution is 7.15. The fourth-order valence-electron chi connectivity index (χ4n) is 2.77. The van der Waals surface area contributed by atoms with Crippen LogP contribution in [0.4, 0.5) is 10.3 Å². The monoisotopic (exact) mass is 338 g/mol. The van der Waals surface area contributed by atoms with E-state index in [1.807, 2.05) is 7.05 Å². The van der Waals surface area contributed by atoms with Gasteiger partial charge in [-0.15, -0.1) is 20.4 Å². The van der Waals surface area contributed by atoms with E-state index in [2.05, 4.69) is 31.0 Å². The molecule has 2 heterocycles. The molecule has 0 bridgehead atoms. The molecule has 2 N–H and O–H groups in total. The van der Waals surface area contributed by atoms with Gasteiger partial charge in [0.2, 0.25) is 16.2 Å². The molecule has 9 heteroatoms. The van der Waals surface area contributed by atoms with Gasteiger partial charge in [-0.2, -0.15) is 0 Å². The summed E-state index contributed by atoms with van der Waals surface area (Å²) in [7, 11) is 1.86. The van der Waals surface area contributed by atoms with Gasteiger partial charge in [-0.05, 0) is 25.2 Å². The summed E-state index contributed by atoms with van der Waals surface area (Å²) in [5, 5.41) is 25.8. The molecule has 0 aromatic carbocycles. The topological polar surface area (TPSA) is 92.7 Å². The van der Waals surface area contributed by atoms with Gasteiger partial charge < -0.3 is 10.6 Å². The summed E-state index contributed by atoms with van der Waals surface area (Å²) in [4.78, 5) is 11.0. The molecule has 0 aliphatic heterocycles. The summed E-state index contributed by atoms with van der Waals surface area (Å²) in [5.74, 6) is 0.959. The van der Waals surface area contributed by atoms with Crippen LogP contribution in [0.3, 0.4) is 0 Å². The van der Waals surface area contributed by atoms with E-state index in [0.29, 0.717) is 17.0 Å². The number of carbonyl (C=O) groups excluding carboxylic acids is 1. The number of carbonyl (C=O) groups is 1. The van der Waals surface area contributed by atoms with Crippen LogP contribution in [0.2, 0.25) is 0 Å². The van der Waals surface area contributed by atoms with Crippen LogP contribution in [0.5, 0.6) is 0 Å². The summed E-state index contributed by atoms with van der Waals surface area (Å²) >= 11 is 3.11. The molecule has 1 aliphatic rings. The van der Waals surface area contributed by atoms with E-state index in [1.54, 1.807) is 11.3 Å². The van der Waals surface area contributed by atoms with Crippen molar-refractivity contribution in [3.8, 4) is 0 Å². The largest absolute Gasteiger partial charge is 0.363 e. The summed E-state index contributed by atoms with van der Waals surface area (Å²) in [5.41, 5.74) is 0. The Morgan fingerprint density at radius 2 is 2.00 bits per heavy atom. The van der Waals surface area contributed by atoms with Crippen molar-refractivity contribution in [1.29, 1.82) is 0 Å². The van der Waals surface area contributed by atoms with E-state index in [-0.39, 0.29) is 5.91 Å². The minimum atomic E-state index is -0.108. The number of aromatic nitrogens is 4. The van der Waals surface area contributed by atoms with E-state index >= 15 is 0 Å². The van der Waals surface area contributed by atoms with Crippen LogP contribution >= 0.6 is 22.7 Å². The lowest BCUT2D eigenvalue weighted by atomic mass is 10.0. The fraction of sp³-hybridized carbons (Fsp3) is 0.615. The van der Waals surface area contributed by atoms with Gasteiger partial charge in [0.1, 0.15) is 10.0 Å². The van der Waals surface area contributed by atoms with Crippen molar-refractivity contribution in [3.05, 3.63) is 10.0 Å². The third-order valence-electron chi connectivity index (χ3n) is 3.76. The van der Waals surface area contributed by atoms with E-state index in [4.69, 9.17) is 0 Å². The molecule has 1 unspecified atom stereocenters. The Hall–Kier alpha value is -1.61. The molecule has 2 atom stereocenters. The van der Waals surface area contributed by atoms with Crippen molar-refractivity contribution in [3.63, 3.8) is 0 Å². The summed E-state index contributed by atoms with van der Waals surface area (Å²) in [6, 6.07) is 0. The molecular formula is C13H18N6OS2. The first kappa shape index (κ1) is 15.3. The van der Waals surface area contributed by atoms with Crippen molar-refractivity contribution < 1.29 is 4.79 Å². The smallest absolute Gasteiger partial charge is 0.223 e. The third-order valence-corrected chi connectivity index (χ3v) is 5.72. The first-order valence-corrected chi connectivity index (χ1v) is 8.88. The molecule has 0 spiro atoms. The van der Waals surface area contributed by atoms with Gasteiger partial charge in [-0.1, -0.05) is 22.7 Å². The Bertz CT molecular complexity index is 655. The molecule has 1 fully saturated rings. The van der Waals surface area contributed by atoms with Crippen molar-refractivity contribution in [2.45, 2.75) is 38.5 Å². The van der Waals surface area contributed by atoms with Gasteiger partial charge >= 0.3 is 0 Å². The van der Waals surface area contributed by atoms with Crippen LogP contribution in [0, 0.1) is 5.92 Å². The second kappa shape index (κ2) is 6.66. The number of hydrogen-bond acceptors (Lipinski definition) is 8. The molecule has 0 saturated heterocycles. The lowest BCUT2D eigenvalue weighted by Gasteiger charge is -2.06. The van der Waals surface area contributed by atoms with Crippen molar-refractivity contribution in [2.24, 2.45) is 5.92 Å². The van der Waals surface area contributed by atoms with E-state index in [1.165, 1.54) is 24.7 Å². The van der Waals surface area contributed by atoms with Crippen LogP contribution in [0.25, 0.3) is 0 Å². The summed E-state index contributed by atoms with van der Waals surface area (Å²) in [6.07, 6.45) is 4.38. The number of amides is 1. The Labute approximate surface area is 136 Å². The van der Waals surface area contributed by atoms with Crippen LogP contribution in [-0.2, 0) is 11.2 Å². The van der Waals surface area contributed by atoms with Crippen LogP contribution in [0.15, 0.2) is 0 Å². The standard InChI is InChI=1S/C13H18N6OS2/c1-7(20)15-13-19-17-11(22-13)9-4-3-8(5-9)6-10-16-18-12(14-2)21-10/h8-9H,3-6H2,1-2H3,(H,14,18)(H,15,19,20)/t8-,9?/m0/s1. The van der Waals surface area contributed by atoms with Gasteiger partial charge in [0.25, 0.3) is 0 Å². The van der Waals surface area contributed by atoms with Gasteiger partial charge in [0, 0.05) is 26.3 Å². The Kier molecular flexibility index (Phi) is 4.63. The number of nitrogens with one attached hydrogen (secondary N) is 2. The number of nitrogens with zero attached hydrogens (tertiary/aromatic N) is 4. The summed E-state index contributed by atoms with van der Waals surface area (Å²) < 4.78 is 0. The molecule has 0 radical (unpaired) electrons. The predicted molar refractivity (Wildman–Crippen MR) is 87.5 cm³/mol. The second-order valence-electron chi connectivity index (χ2n) is 5.46. The number of hydrogen-bond donors (Lipinski definition) is 2. The van der Waals surface area contributed by atoms with Gasteiger partial charge in [-0.3, -0.25) is 4.79 Å². The lowest BCUT2D eigenvalue weighted by Crippen LogP contribution is -2.04. The number of rotatable bonds is 5. The zero-order valence-electron chi connectivity index (χ0n) is 12.5. The highest BCUT2D eigenvalue weighted by Gasteiger charge is 2.29. The molecule has 1 amide bonds. The van der Waals surface area contributed by atoms with Crippen LogP contribution in [-0.4, -0.2) is 33.3 Å². The second-order valence-corrected chi connectivity index (χ2v) is 7.53. The quantitative estimate of drug-likeness (QED) is 0.870. The first-order chi connectivity index (χ1) is 10.6. The molecule has 3 rings (SSSR count). The third kappa shape index (κ3) is 3.58. The maximum atomic E-state index is 11.0. The fourth-order valence-corrected chi connectivity index (χ4v) is 4.51. The van der Waals surface area contributed by atoms with Crippen LogP contribution < -0.4 is 10.6 Å². The molecule has 22 heavy (non-hydrogen) atoms. The average molecular weight is 338 g/mol. The molecule has 118 valence electrons. The Balaban J connectivity index is 1.57. The van der Waals surface area contributed by atoms with Gasteiger partial charge in [-0.25, -0.2) is 0 Å². The minimum absolute atomic E-state index is 0.108. The number of anilines is 2. The summed E-state index contributed by atoms with van der Waals surface area (Å²) in [6.45, 7) is 1.48. The molecule has 1 saturated carbocycles. The Morgan fingerprint density at radius 1 is 1.18 bits per heavy atom. The maximum absolute atomic E-state index is 11.0. The SMILES string of the molecule is CNc1nnc(C[C@H]2CCC(c3nnc(NC(C)=O)s3)C2)s1. The van der Waals surface area contributed by atoms with Crippen molar-refractivity contribution in [2.75, 3.05) is 17.7 Å².